The average molecular weight is 238 g/mol. The molecule has 1 saturated heterocycles. The minimum absolute atomic E-state index is 0.122. The van der Waals surface area contributed by atoms with Crippen molar-refractivity contribution in [1.82, 2.24) is 9.88 Å². The highest BCUT2D eigenvalue weighted by atomic mass is 32.1. The quantitative estimate of drug-likeness (QED) is 0.793. The van der Waals surface area contributed by atoms with Gasteiger partial charge < -0.3 is 4.90 Å². The molecule has 2 rings (SSSR count). The molecule has 88 valence electrons. The standard InChI is InChI=1S/C12H18N2OS/c1-9(2)12(15)14-6-3-10(4-7-14)11-13-5-8-16-11/h5,8-10H,3-4,6-7H2,1-2H3. The fourth-order valence-electron chi connectivity index (χ4n) is 2.15. The molecule has 1 aromatic heterocycles. The van der Waals surface area contributed by atoms with Gasteiger partial charge >= 0.3 is 0 Å². The zero-order chi connectivity index (χ0) is 11.5. The van der Waals surface area contributed by atoms with Crippen LogP contribution in [0.25, 0.3) is 0 Å². The monoisotopic (exact) mass is 238 g/mol. The van der Waals surface area contributed by atoms with Crippen molar-refractivity contribution in [2.45, 2.75) is 32.6 Å². The van der Waals surface area contributed by atoms with Gasteiger partial charge in [0.05, 0.1) is 5.01 Å². The molecule has 0 aromatic carbocycles. The Bertz CT molecular complexity index is 340. The maximum absolute atomic E-state index is 11.8. The van der Waals surface area contributed by atoms with Gasteiger partial charge in [-0.2, -0.15) is 0 Å². The SMILES string of the molecule is CC(C)C(=O)N1CCC(c2nccs2)CC1. The minimum Gasteiger partial charge on any atom is -0.342 e. The van der Waals surface area contributed by atoms with Crippen LogP contribution < -0.4 is 0 Å². The van der Waals surface area contributed by atoms with Crippen LogP contribution in [0.1, 0.15) is 37.6 Å². The van der Waals surface area contributed by atoms with Crippen LogP contribution >= 0.6 is 11.3 Å². The van der Waals surface area contributed by atoms with Gasteiger partial charge in [0, 0.05) is 36.5 Å². The molecule has 0 spiro atoms. The van der Waals surface area contributed by atoms with Crippen molar-refractivity contribution in [2.24, 2.45) is 5.92 Å². The molecule has 1 amide bonds. The number of carbonyl (C=O) groups is 1. The molecule has 0 unspecified atom stereocenters. The highest BCUT2D eigenvalue weighted by molar-refractivity contribution is 7.09. The van der Waals surface area contributed by atoms with Gasteiger partial charge in [0.15, 0.2) is 0 Å². The van der Waals surface area contributed by atoms with Crippen molar-refractivity contribution in [3.05, 3.63) is 16.6 Å². The zero-order valence-electron chi connectivity index (χ0n) is 9.85. The molecule has 16 heavy (non-hydrogen) atoms. The molecule has 1 aliphatic heterocycles. The summed E-state index contributed by atoms with van der Waals surface area (Å²) in [5.41, 5.74) is 0. The lowest BCUT2D eigenvalue weighted by atomic mass is 9.96. The molecular weight excluding hydrogens is 220 g/mol. The molecule has 4 heteroatoms. The van der Waals surface area contributed by atoms with E-state index in [4.69, 9.17) is 0 Å². The first kappa shape index (κ1) is 11.6. The van der Waals surface area contributed by atoms with E-state index in [1.54, 1.807) is 11.3 Å². The summed E-state index contributed by atoms with van der Waals surface area (Å²) in [7, 11) is 0. The second-order valence-electron chi connectivity index (χ2n) is 4.62. The molecule has 0 atom stereocenters. The summed E-state index contributed by atoms with van der Waals surface area (Å²) in [5.74, 6) is 0.977. The molecular formula is C12H18N2OS. The normalized spacial score (nSPS) is 18.1. The Balaban J connectivity index is 1.90. The van der Waals surface area contributed by atoms with Crippen LogP contribution in [0.5, 0.6) is 0 Å². The van der Waals surface area contributed by atoms with E-state index in [9.17, 15) is 4.79 Å². The molecule has 1 aromatic rings. The minimum atomic E-state index is 0.122. The van der Waals surface area contributed by atoms with Crippen molar-refractivity contribution in [3.63, 3.8) is 0 Å². The van der Waals surface area contributed by atoms with Crippen molar-refractivity contribution in [3.8, 4) is 0 Å². The Morgan fingerprint density at radius 1 is 1.50 bits per heavy atom. The third-order valence-corrected chi connectivity index (χ3v) is 4.04. The highest BCUT2D eigenvalue weighted by Gasteiger charge is 2.25. The summed E-state index contributed by atoms with van der Waals surface area (Å²) in [6.07, 6.45) is 3.99. The number of likely N-dealkylation sites (tertiary alicyclic amines) is 1. The highest BCUT2D eigenvalue weighted by Crippen LogP contribution is 2.29. The first-order valence-corrected chi connectivity index (χ1v) is 6.74. The second kappa shape index (κ2) is 4.95. The number of amides is 1. The Labute approximate surface area is 100 Å². The summed E-state index contributed by atoms with van der Waals surface area (Å²) in [6, 6.07) is 0. The van der Waals surface area contributed by atoms with Crippen LogP contribution in [-0.4, -0.2) is 28.9 Å². The van der Waals surface area contributed by atoms with Gasteiger partial charge in [-0.15, -0.1) is 11.3 Å². The lowest BCUT2D eigenvalue weighted by Crippen LogP contribution is -2.40. The predicted octanol–water partition coefficient (Wildman–Crippen LogP) is 2.51. The van der Waals surface area contributed by atoms with Gasteiger partial charge in [-0.1, -0.05) is 13.8 Å². The smallest absolute Gasteiger partial charge is 0.225 e. The molecule has 0 N–H and O–H groups in total. The number of rotatable bonds is 2. The number of hydrogen-bond acceptors (Lipinski definition) is 3. The lowest BCUT2D eigenvalue weighted by molar-refractivity contribution is -0.135. The van der Waals surface area contributed by atoms with E-state index in [0.717, 1.165) is 25.9 Å². The van der Waals surface area contributed by atoms with Gasteiger partial charge in [0.1, 0.15) is 0 Å². The van der Waals surface area contributed by atoms with E-state index in [0.29, 0.717) is 5.92 Å². The molecule has 1 aliphatic rings. The van der Waals surface area contributed by atoms with Crippen molar-refractivity contribution in [1.29, 1.82) is 0 Å². The van der Waals surface area contributed by atoms with Gasteiger partial charge in [0.2, 0.25) is 5.91 Å². The van der Waals surface area contributed by atoms with E-state index in [1.165, 1.54) is 5.01 Å². The fraction of sp³-hybridized carbons (Fsp3) is 0.667. The summed E-state index contributed by atoms with van der Waals surface area (Å²) in [5, 5.41) is 3.26. The average Bonchev–Trinajstić information content (AvgIpc) is 2.81. The molecule has 0 bridgehead atoms. The molecule has 3 nitrogen and oxygen atoms in total. The maximum Gasteiger partial charge on any atom is 0.225 e. The number of hydrogen-bond donors (Lipinski definition) is 0. The first-order valence-electron chi connectivity index (χ1n) is 5.86. The van der Waals surface area contributed by atoms with E-state index in [1.807, 2.05) is 30.3 Å². The second-order valence-corrected chi connectivity index (χ2v) is 5.55. The summed E-state index contributed by atoms with van der Waals surface area (Å²) in [6.45, 7) is 5.72. The van der Waals surface area contributed by atoms with E-state index >= 15 is 0 Å². The topological polar surface area (TPSA) is 33.2 Å². The van der Waals surface area contributed by atoms with Gasteiger partial charge in [-0.3, -0.25) is 4.79 Å². The molecule has 0 radical (unpaired) electrons. The summed E-state index contributed by atoms with van der Waals surface area (Å²) < 4.78 is 0. The maximum atomic E-state index is 11.8. The molecule has 0 saturated carbocycles. The lowest BCUT2D eigenvalue weighted by Gasteiger charge is -2.32. The van der Waals surface area contributed by atoms with Crippen molar-refractivity contribution in [2.75, 3.05) is 13.1 Å². The largest absolute Gasteiger partial charge is 0.342 e. The Kier molecular flexibility index (Phi) is 3.59. The summed E-state index contributed by atoms with van der Waals surface area (Å²) in [4.78, 5) is 18.2. The van der Waals surface area contributed by atoms with Gasteiger partial charge in [-0.05, 0) is 12.8 Å². The van der Waals surface area contributed by atoms with Gasteiger partial charge in [0.25, 0.3) is 0 Å². The van der Waals surface area contributed by atoms with Crippen LogP contribution in [-0.2, 0) is 4.79 Å². The third-order valence-electron chi connectivity index (χ3n) is 3.10. The number of thiazole rings is 1. The number of piperidine rings is 1. The van der Waals surface area contributed by atoms with Crippen LogP contribution in [0.2, 0.25) is 0 Å². The van der Waals surface area contributed by atoms with Gasteiger partial charge in [-0.25, -0.2) is 4.98 Å². The fourth-order valence-corrected chi connectivity index (χ4v) is 2.96. The van der Waals surface area contributed by atoms with Crippen LogP contribution in [0.15, 0.2) is 11.6 Å². The van der Waals surface area contributed by atoms with Crippen molar-refractivity contribution >= 4 is 17.2 Å². The van der Waals surface area contributed by atoms with Crippen LogP contribution in [0, 0.1) is 5.92 Å². The number of nitrogens with zero attached hydrogens (tertiary/aromatic N) is 2. The number of carbonyl (C=O) groups excluding carboxylic acids is 1. The number of aromatic nitrogens is 1. The Hall–Kier alpha value is -0.900. The van der Waals surface area contributed by atoms with Crippen LogP contribution in [0.3, 0.4) is 0 Å². The van der Waals surface area contributed by atoms with E-state index in [2.05, 4.69) is 4.98 Å². The van der Waals surface area contributed by atoms with E-state index < -0.39 is 0 Å². The third kappa shape index (κ3) is 2.43. The van der Waals surface area contributed by atoms with E-state index in [-0.39, 0.29) is 11.8 Å². The Morgan fingerprint density at radius 2 is 2.19 bits per heavy atom. The molecule has 0 aliphatic carbocycles. The molecule has 1 fully saturated rings. The zero-order valence-corrected chi connectivity index (χ0v) is 10.7. The Morgan fingerprint density at radius 3 is 2.69 bits per heavy atom. The first-order chi connectivity index (χ1) is 7.68. The summed E-state index contributed by atoms with van der Waals surface area (Å²) >= 11 is 1.73. The van der Waals surface area contributed by atoms with Crippen LogP contribution in [0.4, 0.5) is 0 Å². The predicted molar refractivity (Wildman–Crippen MR) is 65.5 cm³/mol. The van der Waals surface area contributed by atoms with Crippen molar-refractivity contribution < 1.29 is 4.79 Å². The molecule has 2 heterocycles.